The predicted octanol–water partition coefficient (Wildman–Crippen LogP) is 1.73. The smallest absolute Gasteiger partial charge is 0.289 e. The summed E-state index contributed by atoms with van der Waals surface area (Å²) in [6.45, 7) is 8.94. The van der Waals surface area contributed by atoms with Crippen molar-refractivity contribution in [1.82, 2.24) is 19.8 Å². The molecule has 3 aliphatic heterocycles. The van der Waals surface area contributed by atoms with Crippen LogP contribution in [0.1, 0.15) is 73.3 Å². The topological polar surface area (TPSA) is 85.7 Å². The van der Waals surface area contributed by atoms with Crippen molar-refractivity contribution < 1.29 is 19.1 Å². The van der Waals surface area contributed by atoms with E-state index in [9.17, 15) is 9.59 Å². The van der Waals surface area contributed by atoms with Crippen LogP contribution in [0.5, 0.6) is 0 Å². The van der Waals surface area contributed by atoms with Crippen LogP contribution in [0.3, 0.4) is 0 Å². The molecule has 2 saturated heterocycles. The molecule has 3 aliphatic rings. The van der Waals surface area contributed by atoms with E-state index in [1.807, 2.05) is 30.2 Å². The minimum Gasteiger partial charge on any atom is -0.347 e. The van der Waals surface area contributed by atoms with E-state index in [0.717, 1.165) is 31.5 Å². The van der Waals surface area contributed by atoms with Gasteiger partial charge in [0.05, 0.1) is 18.9 Å². The second-order valence-corrected chi connectivity index (χ2v) is 8.94. The van der Waals surface area contributed by atoms with E-state index < -0.39 is 5.79 Å². The van der Waals surface area contributed by atoms with Crippen LogP contribution in [-0.4, -0.2) is 63.9 Å². The fraction of sp³-hybridized carbons (Fsp3) is 0.750. The van der Waals surface area contributed by atoms with Crippen LogP contribution in [0.25, 0.3) is 0 Å². The Morgan fingerprint density at radius 3 is 2.39 bits per heavy atom. The Labute approximate surface area is 165 Å². The molecular formula is C20H30N4O4. The van der Waals surface area contributed by atoms with E-state index in [4.69, 9.17) is 9.47 Å². The monoisotopic (exact) mass is 390 g/mol. The summed E-state index contributed by atoms with van der Waals surface area (Å²) in [4.78, 5) is 32.3. The summed E-state index contributed by atoms with van der Waals surface area (Å²) in [5.41, 5.74) is 0.927. The van der Waals surface area contributed by atoms with Gasteiger partial charge in [-0.1, -0.05) is 0 Å². The summed E-state index contributed by atoms with van der Waals surface area (Å²) >= 11 is 0. The SMILES string of the molecule is CC(C)(C)NC(=O)c1nc(C(=O)N2CCC3(CC2)OCCO3)n2c1CCCC2. The van der Waals surface area contributed by atoms with Crippen molar-refractivity contribution >= 4 is 11.8 Å². The molecule has 2 amide bonds. The van der Waals surface area contributed by atoms with Gasteiger partial charge in [-0.3, -0.25) is 9.59 Å². The van der Waals surface area contributed by atoms with E-state index in [-0.39, 0.29) is 17.4 Å². The zero-order valence-electron chi connectivity index (χ0n) is 17.0. The summed E-state index contributed by atoms with van der Waals surface area (Å²) in [5.74, 6) is -0.438. The van der Waals surface area contributed by atoms with Crippen molar-refractivity contribution in [3.8, 4) is 0 Å². The van der Waals surface area contributed by atoms with Crippen molar-refractivity contribution in [3.05, 3.63) is 17.2 Å². The number of ether oxygens (including phenoxy) is 2. The Morgan fingerprint density at radius 1 is 1.07 bits per heavy atom. The summed E-state index contributed by atoms with van der Waals surface area (Å²) < 4.78 is 13.5. The third kappa shape index (κ3) is 3.67. The van der Waals surface area contributed by atoms with Crippen LogP contribution in [0, 0.1) is 0 Å². The average Bonchev–Trinajstić information content (AvgIpc) is 3.25. The molecule has 0 saturated carbocycles. The average molecular weight is 390 g/mol. The van der Waals surface area contributed by atoms with E-state index in [1.165, 1.54) is 0 Å². The number of carbonyl (C=O) groups excluding carboxylic acids is 2. The lowest BCUT2D eigenvalue weighted by atomic mass is 10.0. The first-order valence-corrected chi connectivity index (χ1v) is 10.3. The molecule has 154 valence electrons. The van der Waals surface area contributed by atoms with Crippen molar-refractivity contribution in [3.63, 3.8) is 0 Å². The van der Waals surface area contributed by atoms with Crippen LogP contribution >= 0.6 is 0 Å². The Morgan fingerprint density at radius 2 is 1.75 bits per heavy atom. The second kappa shape index (κ2) is 7.15. The van der Waals surface area contributed by atoms with Gasteiger partial charge in [0.15, 0.2) is 11.6 Å². The Kier molecular flexibility index (Phi) is 4.95. The fourth-order valence-electron chi connectivity index (χ4n) is 4.27. The van der Waals surface area contributed by atoms with Gasteiger partial charge >= 0.3 is 0 Å². The first-order valence-electron chi connectivity index (χ1n) is 10.3. The van der Waals surface area contributed by atoms with Crippen LogP contribution in [-0.2, 0) is 22.4 Å². The van der Waals surface area contributed by atoms with Gasteiger partial charge in [0.1, 0.15) is 5.69 Å². The lowest BCUT2D eigenvalue weighted by Crippen LogP contribution is -2.47. The zero-order valence-corrected chi connectivity index (χ0v) is 17.0. The number of piperidine rings is 1. The number of carbonyl (C=O) groups is 2. The third-order valence-corrected chi connectivity index (χ3v) is 5.64. The summed E-state index contributed by atoms with van der Waals surface area (Å²) in [6.07, 6.45) is 4.12. The molecule has 1 spiro atoms. The number of amides is 2. The van der Waals surface area contributed by atoms with Gasteiger partial charge < -0.3 is 24.3 Å². The Balaban J connectivity index is 1.55. The van der Waals surface area contributed by atoms with Gasteiger partial charge in [0.25, 0.3) is 11.8 Å². The predicted molar refractivity (Wildman–Crippen MR) is 102 cm³/mol. The molecule has 0 aromatic carbocycles. The summed E-state index contributed by atoms with van der Waals surface area (Å²) in [6, 6.07) is 0. The highest BCUT2D eigenvalue weighted by Crippen LogP contribution is 2.32. The molecule has 4 heterocycles. The molecule has 8 nitrogen and oxygen atoms in total. The summed E-state index contributed by atoms with van der Waals surface area (Å²) in [5, 5.41) is 2.98. The maximum atomic E-state index is 13.2. The van der Waals surface area contributed by atoms with E-state index >= 15 is 0 Å². The number of fused-ring (bicyclic) bond motifs is 1. The first kappa shape index (κ1) is 19.4. The molecule has 1 aromatic heterocycles. The summed E-state index contributed by atoms with van der Waals surface area (Å²) in [7, 11) is 0. The molecule has 0 radical (unpaired) electrons. The molecule has 4 rings (SSSR count). The number of nitrogens with one attached hydrogen (secondary N) is 1. The van der Waals surface area contributed by atoms with Gasteiger partial charge in [0.2, 0.25) is 0 Å². The van der Waals surface area contributed by atoms with Gasteiger partial charge in [-0.25, -0.2) is 4.98 Å². The molecule has 0 aliphatic carbocycles. The Bertz CT molecular complexity index is 764. The highest BCUT2D eigenvalue weighted by molar-refractivity contribution is 5.97. The first-order chi connectivity index (χ1) is 13.3. The molecule has 1 aromatic rings. The quantitative estimate of drug-likeness (QED) is 0.831. The highest BCUT2D eigenvalue weighted by Gasteiger charge is 2.42. The Hall–Kier alpha value is -1.93. The second-order valence-electron chi connectivity index (χ2n) is 8.94. The number of aromatic nitrogens is 2. The van der Waals surface area contributed by atoms with E-state index in [0.29, 0.717) is 50.7 Å². The molecular weight excluding hydrogens is 360 g/mol. The molecule has 2 fully saturated rings. The van der Waals surface area contributed by atoms with Crippen molar-refractivity contribution in [2.45, 2.75) is 70.7 Å². The molecule has 0 bridgehead atoms. The number of nitrogens with zero attached hydrogens (tertiary/aromatic N) is 3. The normalized spacial score (nSPS) is 21.6. The van der Waals surface area contributed by atoms with Crippen molar-refractivity contribution in [2.24, 2.45) is 0 Å². The minimum absolute atomic E-state index is 0.106. The van der Waals surface area contributed by atoms with Gasteiger partial charge in [-0.2, -0.15) is 0 Å². The maximum absolute atomic E-state index is 13.2. The molecule has 1 N–H and O–H groups in total. The maximum Gasteiger partial charge on any atom is 0.289 e. The van der Waals surface area contributed by atoms with Crippen molar-refractivity contribution in [1.29, 1.82) is 0 Å². The fourth-order valence-corrected chi connectivity index (χ4v) is 4.27. The van der Waals surface area contributed by atoms with Gasteiger partial charge in [0, 0.05) is 38.0 Å². The number of rotatable bonds is 2. The lowest BCUT2D eigenvalue weighted by Gasteiger charge is -2.37. The molecule has 8 heteroatoms. The molecule has 28 heavy (non-hydrogen) atoms. The van der Waals surface area contributed by atoms with E-state index in [1.54, 1.807) is 0 Å². The van der Waals surface area contributed by atoms with Gasteiger partial charge in [-0.05, 0) is 40.0 Å². The molecule has 0 atom stereocenters. The number of imidazole rings is 1. The lowest BCUT2D eigenvalue weighted by molar-refractivity contribution is -0.181. The molecule has 0 unspecified atom stereocenters. The zero-order chi connectivity index (χ0) is 19.9. The largest absolute Gasteiger partial charge is 0.347 e. The minimum atomic E-state index is -0.513. The van der Waals surface area contributed by atoms with Crippen LogP contribution < -0.4 is 5.32 Å². The number of hydrogen-bond acceptors (Lipinski definition) is 5. The standard InChI is InChI=1S/C20H30N4O4/c1-19(2,3)22-17(25)15-14-6-4-5-9-24(14)16(21-15)18(26)23-10-7-20(8-11-23)27-12-13-28-20/h4-13H2,1-3H3,(H,22,25). The van der Waals surface area contributed by atoms with Crippen LogP contribution in [0.4, 0.5) is 0 Å². The van der Waals surface area contributed by atoms with Gasteiger partial charge in [-0.15, -0.1) is 0 Å². The highest BCUT2D eigenvalue weighted by atomic mass is 16.7. The van der Waals surface area contributed by atoms with Crippen molar-refractivity contribution in [2.75, 3.05) is 26.3 Å². The van der Waals surface area contributed by atoms with Crippen LogP contribution in [0.2, 0.25) is 0 Å². The van der Waals surface area contributed by atoms with Crippen LogP contribution in [0.15, 0.2) is 0 Å². The number of likely N-dealkylation sites (tertiary alicyclic amines) is 1. The third-order valence-electron chi connectivity index (χ3n) is 5.64. The van der Waals surface area contributed by atoms with E-state index in [2.05, 4.69) is 10.3 Å². The number of hydrogen-bond donors (Lipinski definition) is 1.